The van der Waals surface area contributed by atoms with Gasteiger partial charge in [-0.1, -0.05) is 60.7 Å². The van der Waals surface area contributed by atoms with Crippen LogP contribution in [0.4, 0.5) is 0 Å². The Morgan fingerprint density at radius 1 is 0.857 bits per heavy atom. The largest absolute Gasteiger partial charge is 0.368 e. The van der Waals surface area contributed by atoms with Crippen molar-refractivity contribution < 1.29 is 28.8 Å². The molecule has 6 nitrogen and oxygen atoms in total. The van der Waals surface area contributed by atoms with Crippen molar-refractivity contribution in [2.24, 2.45) is 0 Å². The molecule has 28 heavy (non-hydrogen) atoms. The normalized spacial score (nSPS) is 32.6. The van der Waals surface area contributed by atoms with Crippen molar-refractivity contribution in [3.63, 3.8) is 0 Å². The molecule has 150 valence electrons. The molecule has 0 saturated carbocycles. The molecule has 0 bridgehead atoms. The van der Waals surface area contributed by atoms with Crippen molar-refractivity contribution in [1.82, 2.24) is 0 Å². The van der Waals surface area contributed by atoms with Crippen LogP contribution in [0.2, 0.25) is 0 Å². The van der Waals surface area contributed by atoms with Gasteiger partial charge in [-0.3, -0.25) is 0 Å². The first-order chi connectivity index (χ1) is 13.7. The number of rotatable bonds is 6. The van der Waals surface area contributed by atoms with Crippen molar-refractivity contribution in [2.75, 3.05) is 6.61 Å². The zero-order valence-corrected chi connectivity index (χ0v) is 15.8. The van der Waals surface area contributed by atoms with Gasteiger partial charge >= 0.3 is 0 Å². The van der Waals surface area contributed by atoms with Gasteiger partial charge in [0, 0.05) is 0 Å². The van der Waals surface area contributed by atoms with E-state index in [0.717, 1.165) is 11.1 Å². The Bertz CT molecular complexity index is 724. The number of ether oxygens (including phenoxy) is 5. The molecule has 0 aromatic heterocycles. The Morgan fingerprint density at radius 2 is 1.43 bits per heavy atom. The SMILES string of the molecule is CC1OC[C@H]2O[C@@H](O)[C@H](OCc3ccccc3)[C@@H](OCc3ccccc3)[C@H]2O1. The summed E-state index contributed by atoms with van der Waals surface area (Å²) in [4.78, 5) is 0. The maximum atomic E-state index is 10.6. The molecule has 2 aliphatic heterocycles. The molecule has 2 aliphatic rings. The third-order valence-electron chi connectivity index (χ3n) is 5.02. The molecule has 2 aromatic carbocycles. The van der Waals surface area contributed by atoms with E-state index in [1.54, 1.807) is 0 Å². The van der Waals surface area contributed by atoms with Gasteiger partial charge in [0.1, 0.15) is 24.4 Å². The van der Waals surface area contributed by atoms with E-state index in [4.69, 9.17) is 23.7 Å². The van der Waals surface area contributed by atoms with Crippen molar-refractivity contribution >= 4 is 0 Å². The standard InChI is InChI=1S/C22H26O6/c1-15-24-14-18-19(27-15)20(25-12-16-8-4-2-5-9-16)21(22(23)28-18)26-13-17-10-6-3-7-11-17/h2-11,15,18-23H,12-14H2,1H3/t15?,18-,19+,20+,21-,22-/m1/s1. The van der Waals surface area contributed by atoms with Gasteiger partial charge < -0.3 is 28.8 Å². The van der Waals surface area contributed by atoms with Gasteiger partial charge in [-0.25, -0.2) is 0 Å². The monoisotopic (exact) mass is 386 g/mol. The van der Waals surface area contributed by atoms with Crippen LogP contribution in [-0.2, 0) is 36.9 Å². The molecule has 4 rings (SSSR count). The topological polar surface area (TPSA) is 66.4 Å². The summed E-state index contributed by atoms with van der Waals surface area (Å²) < 4.78 is 29.5. The average molecular weight is 386 g/mol. The van der Waals surface area contributed by atoms with E-state index in [9.17, 15) is 5.11 Å². The Hall–Kier alpha value is -1.80. The molecule has 0 amide bonds. The van der Waals surface area contributed by atoms with Crippen LogP contribution in [-0.4, -0.2) is 48.7 Å². The zero-order chi connectivity index (χ0) is 19.3. The molecule has 6 heteroatoms. The van der Waals surface area contributed by atoms with Crippen molar-refractivity contribution in [3.05, 3.63) is 71.8 Å². The maximum absolute atomic E-state index is 10.6. The molecule has 2 heterocycles. The predicted molar refractivity (Wildman–Crippen MR) is 101 cm³/mol. The minimum Gasteiger partial charge on any atom is -0.368 e. The van der Waals surface area contributed by atoms with E-state index in [2.05, 4.69) is 0 Å². The fraction of sp³-hybridized carbons (Fsp3) is 0.455. The Kier molecular flexibility index (Phi) is 6.36. The van der Waals surface area contributed by atoms with Crippen LogP contribution < -0.4 is 0 Å². The van der Waals surface area contributed by atoms with E-state index in [1.807, 2.05) is 67.6 Å². The predicted octanol–water partition coefficient (Wildman–Crippen LogP) is 2.64. The molecule has 0 spiro atoms. The van der Waals surface area contributed by atoms with Gasteiger partial charge in [0.25, 0.3) is 0 Å². The highest BCUT2D eigenvalue weighted by molar-refractivity contribution is 5.14. The summed E-state index contributed by atoms with van der Waals surface area (Å²) in [5, 5.41) is 10.6. The van der Waals surface area contributed by atoms with Crippen molar-refractivity contribution in [1.29, 1.82) is 0 Å². The molecule has 6 atom stereocenters. The third-order valence-corrected chi connectivity index (χ3v) is 5.02. The Balaban J connectivity index is 1.50. The van der Waals surface area contributed by atoms with Crippen LogP contribution >= 0.6 is 0 Å². The van der Waals surface area contributed by atoms with E-state index in [0.29, 0.717) is 19.8 Å². The van der Waals surface area contributed by atoms with E-state index >= 15 is 0 Å². The first-order valence-electron chi connectivity index (χ1n) is 9.62. The van der Waals surface area contributed by atoms with Crippen LogP contribution in [0.15, 0.2) is 60.7 Å². The fourth-order valence-electron chi connectivity index (χ4n) is 3.59. The van der Waals surface area contributed by atoms with E-state index < -0.39 is 24.6 Å². The summed E-state index contributed by atoms with van der Waals surface area (Å²) in [7, 11) is 0. The molecule has 0 aliphatic carbocycles. The highest BCUT2D eigenvalue weighted by atomic mass is 16.7. The van der Waals surface area contributed by atoms with Crippen LogP contribution in [0.1, 0.15) is 18.1 Å². The molecular weight excluding hydrogens is 360 g/mol. The lowest BCUT2D eigenvalue weighted by molar-refractivity contribution is -0.361. The molecule has 0 radical (unpaired) electrons. The van der Waals surface area contributed by atoms with Crippen LogP contribution in [0.3, 0.4) is 0 Å². The van der Waals surface area contributed by atoms with Gasteiger partial charge in [-0.2, -0.15) is 0 Å². The fourth-order valence-corrected chi connectivity index (χ4v) is 3.59. The lowest BCUT2D eigenvalue weighted by Crippen LogP contribution is -2.63. The van der Waals surface area contributed by atoms with Crippen molar-refractivity contribution in [3.8, 4) is 0 Å². The number of fused-ring (bicyclic) bond motifs is 1. The second kappa shape index (κ2) is 9.13. The molecule has 2 saturated heterocycles. The summed E-state index contributed by atoms with van der Waals surface area (Å²) in [5.74, 6) is 0. The highest BCUT2D eigenvalue weighted by Crippen LogP contribution is 2.32. The summed E-state index contributed by atoms with van der Waals surface area (Å²) in [6.07, 6.45) is -3.41. The quantitative estimate of drug-likeness (QED) is 0.823. The number of aliphatic hydroxyl groups is 1. The number of benzene rings is 2. The number of aliphatic hydroxyl groups excluding tert-OH is 1. The minimum atomic E-state index is -1.12. The second-order valence-electron chi connectivity index (χ2n) is 7.09. The lowest BCUT2D eigenvalue weighted by Gasteiger charge is -2.47. The van der Waals surface area contributed by atoms with E-state index in [1.165, 1.54) is 0 Å². The summed E-state index contributed by atoms with van der Waals surface area (Å²) in [6.45, 7) is 2.93. The molecular formula is C22H26O6. The average Bonchev–Trinajstić information content (AvgIpc) is 2.73. The number of hydrogen-bond acceptors (Lipinski definition) is 6. The Labute approximate surface area is 164 Å². The number of hydrogen-bond donors (Lipinski definition) is 1. The minimum absolute atomic E-state index is 0.347. The van der Waals surface area contributed by atoms with Crippen molar-refractivity contribution in [2.45, 2.75) is 57.1 Å². The van der Waals surface area contributed by atoms with Gasteiger partial charge in [0.15, 0.2) is 12.6 Å². The maximum Gasteiger partial charge on any atom is 0.184 e. The summed E-state index contributed by atoms with van der Waals surface area (Å²) in [5.41, 5.74) is 2.06. The highest BCUT2D eigenvalue weighted by Gasteiger charge is 2.50. The first kappa shape index (κ1) is 19.5. The molecule has 2 aromatic rings. The van der Waals surface area contributed by atoms with Crippen LogP contribution in [0, 0.1) is 0 Å². The molecule has 2 fully saturated rings. The van der Waals surface area contributed by atoms with Gasteiger partial charge in [0.2, 0.25) is 0 Å². The zero-order valence-electron chi connectivity index (χ0n) is 15.8. The van der Waals surface area contributed by atoms with Gasteiger partial charge in [-0.05, 0) is 18.1 Å². The molecule has 1 unspecified atom stereocenters. The lowest BCUT2D eigenvalue weighted by atomic mass is 9.97. The van der Waals surface area contributed by atoms with Gasteiger partial charge in [0.05, 0.1) is 19.8 Å². The first-order valence-corrected chi connectivity index (χ1v) is 9.62. The summed E-state index contributed by atoms with van der Waals surface area (Å²) in [6, 6.07) is 19.7. The third kappa shape index (κ3) is 4.60. The van der Waals surface area contributed by atoms with Gasteiger partial charge in [-0.15, -0.1) is 0 Å². The Morgan fingerprint density at radius 3 is 2.04 bits per heavy atom. The molecule has 1 N–H and O–H groups in total. The van der Waals surface area contributed by atoms with Crippen LogP contribution in [0.5, 0.6) is 0 Å². The van der Waals surface area contributed by atoms with E-state index in [-0.39, 0.29) is 12.4 Å². The second-order valence-corrected chi connectivity index (χ2v) is 7.09. The smallest absolute Gasteiger partial charge is 0.184 e. The summed E-state index contributed by atoms with van der Waals surface area (Å²) >= 11 is 0. The van der Waals surface area contributed by atoms with Crippen LogP contribution in [0.25, 0.3) is 0 Å².